The minimum atomic E-state index is 0.550. The van der Waals surface area contributed by atoms with E-state index in [0.29, 0.717) is 5.25 Å². The van der Waals surface area contributed by atoms with Crippen LogP contribution >= 0.6 is 12.0 Å². The van der Waals surface area contributed by atoms with Crippen molar-refractivity contribution >= 4 is 12.0 Å². The van der Waals surface area contributed by atoms with Crippen molar-refractivity contribution in [3.8, 4) is 0 Å². The smallest absolute Gasteiger partial charge is 0.0796 e. The zero-order valence-electron chi connectivity index (χ0n) is 4.26. The standard InChI is InChI=1S/C5H8OS/c1-5-3-2-4-6-7-5/h2-3,5H,4H2,1H3. The van der Waals surface area contributed by atoms with Crippen molar-refractivity contribution in [1.82, 2.24) is 0 Å². The molecule has 0 aromatic carbocycles. The van der Waals surface area contributed by atoms with E-state index in [9.17, 15) is 0 Å². The number of hydrogen-bond acceptors (Lipinski definition) is 2. The molecule has 1 nitrogen and oxygen atoms in total. The minimum Gasteiger partial charge on any atom is -0.311 e. The van der Waals surface area contributed by atoms with Gasteiger partial charge in [0.25, 0.3) is 0 Å². The zero-order valence-corrected chi connectivity index (χ0v) is 5.07. The summed E-state index contributed by atoms with van der Waals surface area (Å²) in [4.78, 5) is 0. The number of hydrogen-bond donors (Lipinski definition) is 0. The van der Waals surface area contributed by atoms with Gasteiger partial charge in [0.15, 0.2) is 0 Å². The second kappa shape index (κ2) is 2.38. The van der Waals surface area contributed by atoms with Gasteiger partial charge >= 0.3 is 0 Å². The van der Waals surface area contributed by atoms with Crippen LogP contribution in [0.25, 0.3) is 0 Å². The van der Waals surface area contributed by atoms with Gasteiger partial charge in [-0.3, -0.25) is 0 Å². The van der Waals surface area contributed by atoms with E-state index in [0.717, 1.165) is 6.61 Å². The molecular weight excluding hydrogens is 108 g/mol. The van der Waals surface area contributed by atoms with Crippen LogP contribution in [-0.4, -0.2) is 11.9 Å². The third-order valence-electron chi connectivity index (χ3n) is 0.791. The van der Waals surface area contributed by atoms with Gasteiger partial charge in [0.2, 0.25) is 0 Å². The Kier molecular flexibility index (Phi) is 1.77. The molecule has 0 N–H and O–H groups in total. The molecule has 0 aliphatic carbocycles. The lowest BCUT2D eigenvalue weighted by Gasteiger charge is -2.08. The molecule has 40 valence electrons. The fourth-order valence-corrected chi connectivity index (χ4v) is 1.01. The summed E-state index contributed by atoms with van der Waals surface area (Å²) in [5.74, 6) is 0. The highest BCUT2D eigenvalue weighted by Crippen LogP contribution is 2.16. The Morgan fingerprint density at radius 2 is 2.71 bits per heavy atom. The summed E-state index contributed by atoms with van der Waals surface area (Å²) in [6, 6.07) is 0. The first-order valence-corrected chi connectivity index (χ1v) is 3.15. The van der Waals surface area contributed by atoms with E-state index in [1.807, 2.05) is 6.08 Å². The Morgan fingerprint density at radius 1 is 1.86 bits per heavy atom. The van der Waals surface area contributed by atoms with Crippen molar-refractivity contribution in [3.05, 3.63) is 12.2 Å². The van der Waals surface area contributed by atoms with Gasteiger partial charge in [0.05, 0.1) is 6.61 Å². The topological polar surface area (TPSA) is 9.23 Å². The molecule has 1 aliphatic rings. The predicted octanol–water partition coefficient (Wildman–Crippen LogP) is 1.61. The summed E-state index contributed by atoms with van der Waals surface area (Å²) in [5.41, 5.74) is 0. The maximum Gasteiger partial charge on any atom is 0.0796 e. The van der Waals surface area contributed by atoms with Crippen LogP contribution in [0.15, 0.2) is 12.2 Å². The Labute approximate surface area is 47.9 Å². The minimum absolute atomic E-state index is 0.550. The Balaban J connectivity index is 2.36. The molecule has 1 aliphatic heterocycles. The van der Waals surface area contributed by atoms with E-state index >= 15 is 0 Å². The maximum absolute atomic E-state index is 5.01. The first-order valence-electron chi connectivity index (χ1n) is 2.34. The Morgan fingerprint density at radius 3 is 3.00 bits per heavy atom. The lowest BCUT2D eigenvalue weighted by molar-refractivity contribution is 0.420. The molecule has 0 fully saturated rings. The summed E-state index contributed by atoms with van der Waals surface area (Å²) >= 11 is 1.53. The highest BCUT2D eigenvalue weighted by Gasteiger charge is 2.00. The second-order valence-corrected chi connectivity index (χ2v) is 2.69. The van der Waals surface area contributed by atoms with Gasteiger partial charge in [-0.05, 0) is 19.0 Å². The SMILES string of the molecule is CC1C=CCOS1. The highest BCUT2D eigenvalue weighted by atomic mass is 32.2. The molecule has 1 heterocycles. The van der Waals surface area contributed by atoms with Crippen molar-refractivity contribution in [2.45, 2.75) is 12.2 Å². The molecule has 0 saturated carbocycles. The molecule has 0 aromatic heterocycles. The van der Waals surface area contributed by atoms with Crippen LogP contribution in [0.4, 0.5) is 0 Å². The van der Waals surface area contributed by atoms with Crippen LogP contribution in [0.5, 0.6) is 0 Å². The van der Waals surface area contributed by atoms with Crippen LogP contribution in [0.3, 0.4) is 0 Å². The molecule has 0 spiro atoms. The van der Waals surface area contributed by atoms with Crippen molar-refractivity contribution in [1.29, 1.82) is 0 Å². The van der Waals surface area contributed by atoms with Crippen molar-refractivity contribution < 1.29 is 4.18 Å². The normalized spacial score (nSPS) is 30.7. The number of rotatable bonds is 0. The Bertz CT molecular complexity index is 80.1. The Hall–Kier alpha value is 0.0500. The summed E-state index contributed by atoms with van der Waals surface area (Å²) < 4.78 is 5.01. The van der Waals surface area contributed by atoms with Crippen molar-refractivity contribution in [3.63, 3.8) is 0 Å². The zero-order chi connectivity index (χ0) is 5.11. The van der Waals surface area contributed by atoms with Crippen molar-refractivity contribution in [2.24, 2.45) is 0 Å². The predicted molar refractivity (Wildman–Crippen MR) is 32.1 cm³/mol. The average Bonchev–Trinajstić information content (AvgIpc) is 1.69. The molecule has 7 heavy (non-hydrogen) atoms. The monoisotopic (exact) mass is 116 g/mol. The van der Waals surface area contributed by atoms with Crippen LogP contribution in [-0.2, 0) is 4.18 Å². The molecule has 2 heteroatoms. The van der Waals surface area contributed by atoms with Gasteiger partial charge in [0, 0.05) is 5.25 Å². The van der Waals surface area contributed by atoms with Gasteiger partial charge in [0.1, 0.15) is 0 Å². The molecule has 0 saturated heterocycles. The van der Waals surface area contributed by atoms with Gasteiger partial charge in [-0.15, -0.1) is 0 Å². The van der Waals surface area contributed by atoms with E-state index in [4.69, 9.17) is 4.18 Å². The summed E-state index contributed by atoms with van der Waals surface area (Å²) in [7, 11) is 0. The first kappa shape index (κ1) is 5.19. The van der Waals surface area contributed by atoms with E-state index < -0.39 is 0 Å². The van der Waals surface area contributed by atoms with Crippen LogP contribution < -0.4 is 0 Å². The average molecular weight is 116 g/mol. The third kappa shape index (κ3) is 1.53. The van der Waals surface area contributed by atoms with Crippen LogP contribution in [0.2, 0.25) is 0 Å². The second-order valence-electron chi connectivity index (χ2n) is 1.51. The quantitative estimate of drug-likeness (QED) is 0.351. The van der Waals surface area contributed by atoms with Crippen LogP contribution in [0.1, 0.15) is 6.92 Å². The largest absolute Gasteiger partial charge is 0.311 e. The molecule has 1 atom stereocenters. The summed E-state index contributed by atoms with van der Waals surface area (Å²) in [6.45, 7) is 2.88. The van der Waals surface area contributed by atoms with Gasteiger partial charge < -0.3 is 4.18 Å². The van der Waals surface area contributed by atoms with E-state index in [1.54, 1.807) is 0 Å². The van der Waals surface area contributed by atoms with E-state index in [2.05, 4.69) is 13.0 Å². The molecule has 0 aromatic rings. The van der Waals surface area contributed by atoms with Gasteiger partial charge in [-0.1, -0.05) is 12.2 Å². The van der Waals surface area contributed by atoms with E-state index in [1.165, 1.54) is 12.0 Å². The summed E-state index contributed by atoms with van der Waals surface area (Å²) in [5, 5.41) is 0.550. The molecular formula is C5H8OS. The highest BCUT2D eigenvalue weighted by molar-refractivity contribution is 7.95. The lowest BCUT2D eigenvalue weighted by Crippen LogP contribution is -1.98. The summed E-state index contributed by atoms with van der Waals surface area (Å²) in [6.07, 6.45) is 4.19. The fraction of sp³-hybridized carbons (Fsp3) is 0.600. The van der Waals surface area contributed by atoms with Crippen molar-refractivity contribution in [2.75, 3.05) is 6.61 Å². The molecule has 0 amide bonds. The third-order valence-corrected chi connectivity index (χ3v) is 1.52. The van der Waals surface area contributed by atoms with Gasteiger partial charge in [-0.2, -0.15) is 0 Å². The molecule has 1 unspecified atom stereocenters. The van der Waals surface area contributed by atoms with Gasteiger partial charge in [-0.25, -0.2) is 0 Å². The first-order chi connectivity index (χ1) is 3.39. The van der Waals surface area contributed by atoms with E-state index in [-0.39, 0.29) is 0 Å². The fourth-order valence-electron chi connectivity index (χ4n) is 0.465. The molecule has 1 rings (SSSR count). The maximum atomic E-state index is 5.01. The molecule has 0 bridgehead atoms. The lowest BCUT2D eigenvalue weighted by atomic mass is 10.4. The molecule has 0 radical (unpaired) electrons. The van der Waals surface area contributed by atoms with Crippen LogP contribution in [0, 0.1) is 0 Å².